The minimum atomic E-state index is -3.63. The molecule has 0 spiro atoms. The molecule has 1 unspecified atom stereocenters. The number of nitrogens with zero attached hydrogens (tertiary/aromatic N) is 2. The molecule has 2 aromatic rings. The number of aliphatic hydroxyl groups is 1. The summed E-state index contributed by atoms with van der Waals surface area (Å²) >= 11 is 0. The van der Waals surface area contributed by atoms with Crippen molar-refractivity contribution in [1.82, 2.24) is 14.5 Å². The Morgan fingerprint density at radius 2 is 1.76 bits per heavy atom. The van der Waals surface area contributed by atoms with Gasteiger partial charge in [-0.2, -0.15) is 4.31 Å². The number of aliphatic hydroxyl groups excluding tert-OH is 1. The van der Waals surface area contributed by atoms with Crippen molar-refractivity contribution in [3.63, 3.8) is 0 Å². The lowest BCUT2D eigenvalue weighted by Gasteiger charge is -2.27. The number of rotatable bonds is 5. The first kappa shape index (κ1) is 22.1. The summed E-state index contributed by atoms with van der Waals surface area (Å²) in [5.41, 5.74) is 5.85. The van der Waals surface area contributed by atoms with E-state index in [-0.39, 0.29) is 4.90 Å². The highest BCUT2D eigenvalue weighted by Crippen LogP contribution is 2.36. The lowest BCUT2D eigenvalue weighted by atomic mass is 9.92. The van der Waals surface area contributed by atoms with Gasteiger partial charge in [0.2, 0.25) is 10.0 Å². The van der Waals surface area contributed by atoms with E-state index in [1.54, 1.807) is 18.2 Å². The van der Waals surface area contributed by atoms with Gasteiger partial charge >= 0.3 is 0 Å². The van der Waals surface area contributed by atoms with Crippen molar-refractivity contribution in [1.29, 1.82) is 0 Å². The summed E-state index contributed by atoms with van der Waals surface area (Å²) in [6, 6.07) is 11.0. The van der Waals surface area contributed by atoms with Crippen LogP contribution in [0.2, 0.25) is 0 Å². The smallest absolute Gasteiger partial charge is 0.243 e. The molecule has 8 nitrogen and oxygen atoms in total. The van der Waals surface area contributed by atoms with E-state index in [1.807, 2.05) is 12.1 Å². The van der Waals surface area contributed by atoms with E-state index in [0.717, 1.165) is 36.2 Å². The number of sulfonamides is 1. The van der Waals surface area contributed by atoms with Crippen LogP contribution < -0.4 is 14.8 Å². The normalized spacial score (nSPS) is 21.4. The number of ether oxygens (including phenoxy) is 2. The highest BCUT2D eigenvalue weighted by atomic mass is 32.2. The average molecular weight is 484 g/mol. The van der Waals surface area contributed by atoms with Crippen molar-refractivity contribution in [3.05, 3.63) is 64.2 Å². The molecule has 4 heterocycles. The molecule has 0 saturated heterocycles. The molecule has 180 valence electrons. The Balaban J connectivity index is 1.10. The molecule has 6 rings (SSSR count). The van der Waals surface area contributed by atoms with Crippen LogP contribution >= 0.6 is 0 Å². The molecule has 0 aliphatic carbocycles. The van der Waals surface area contributed by atoms with Gasteiger partial charge in [-0.3, -0.25) is 4.90 Å². The fourth-order valence-electron chi connectivity index (χ4n) is 5.47. The van der Waals surface area contributed by atoms with E-state index in [9.17, 15) is 13.5 Å². The van der Waals surface area contributed by atoms with Crippen LogP contribution in [0.25, 0.3) is 0 Å². The zero-order valence-electron chi connectivity index (χ0n) is 19.0. The molecule has 2 N–H and O–H groups in total. The number of nitrogens with one attached hydrogen (secondary N) is 1. The van der Waals surface area contributed by atoms with Gasteiger partial charge in [0.05, 0.1) is 11.0 Å². The second-order valence-electron chi connectivity index (χ2n) is 9.38. The van der Waals surface area contributed by atoms with Gasteiger partial charge in [0.15, 0.2) is 11.5 Å². The highest BCUT2D eigenvalue weighted by Gasteiger charge is 2.37. The first-order chi connectivity index (χ1) is 16.5. The third-order valence-corrected chi connectivity index (χ3v) is 8.97. The van der Waals surface area contributed by atoms with E-state index < -0.39 is 16.1 Å². The van der Waals surface area contributed by atoms with Crippen molar-refractivity contribution in [3.8, 4) is 11.5 Å². The van der Waals surface area contributed by atoms with Crippen LogP contribution in [-0.4, -0.2) is 75.2 Å². The summed E-state index contributed by atoms with van der Waals surface area (Å²) < 4.78 is 39.2. The summed E-state index contributed by atoms with van der Waals surface area (Å²) in [4.78, 5) is 2.46. The van der Waals surface area contributed by atoms with E-state index in [0.29, 0.717) is 57.4 Å². The molecule has 1 atom stereocenters. The molecular formula is C25H29N3O5S. The molecule has 34 heavy (non-hydrogen) atoms. The van der Waals surface area contributed by atoms with Crippen LogP contribution in [0, 0.1) is 0 Å². The monoisotopic (exact) mass is 483 g/mol. The summed E-state index contributed by atoms with van der Waals surface area (Å²) in [5.74, 6) is 1.06. The standard InChI is InChI=1S/C25H29N3O5S/c29-23(22-3-1-2-17-11-26-7-6-21(17)22)16-27-12-18-14-28(15-19(18)13-27)34(30,31)20-4-5-24-25(10-20)33-9-8-32-24/h1-5,10,23,26,29H,6-9,11-16H2. The quantitative estimate of drug-likeness (QED) is 0.622. The van der Waals surface area contributed by atoms with Gasteiger partial charge in [0, 0.05) is 45.3 Å². The molecule has 0 radical (unpaired) electrons. The second kappa shape index (κ2) is 8.66. The van der Waals surface area contributed by atoms with E-state index in [2.05, 4.69) is 16.3 Å². The molecule has 0 fully saturated rings. The van der Waals surface area contributed by atoms with Gasteiger partial charge in [-0.1, -0.05) is 18.2 Å². The van der Waals surface area contributed by atoms with Crippen LogP contribution in [-0.2, 0) is 23.0 Å². The van der Waals surface area contributed by atoms with E-state index >= 15 is 0 Å². The SMILES string of the molecule is O=S(=O)(c1ccc2c(c1)OCCO2)N1CC2=C(CN(CC(O)c3cccc4c3CCNC4)C2)C1. The van der Waals surface area contributed by atoms with Crippen molar-refractivity contribution in [2.75, 3.05) is 52.5 Å². The van der Waals surface area contributed by atoms with E-state index in [4.69, 9.17) is 9.47 Å². The predicted octanol–water partition coefficient (Wildman–Crippen LogP) is 1.45. The Hall–Kier alpha value is -2.43. The fraction of sp³-hybridized carbons (Fsp3) is 0.440. The molecule has 0 amide bonds. The molecule has 9 heteroatoms. The summed E-state index contributed by atoms with van der Waals surface area (Å²) in [7, 11) is -3.63. The van der Waals surface area contributed by atoms with Gasteiger partial charge in [-0.05, 0) is 52.9 Å². The minimum Gasteiger partial charge on any atom is -0.486 e. The van der Waals surface area contributed by atoms with Gasteiger partial charge < -0.3 is 19.9 Å². The average Bonchev–Trinajstić information content (AvgIpc) is 3.42. The third-order valence-electron chi connectivity index (χ3n) is 7.18. The van der Waals surface area contributed by atoms with Crippen LogP contribution in [0.3, 0.4) is 0 Å². The van der Waals surface area contributed by atoms with Crippen molar-refractivity contribution in [2.45, 2.75) is 24.0 Å². The molecule has 4 aliphatic heterocycles. The Morgan fingerprint density at radius 3 is 2.56 bits per heavy atom. The molecular weight excluding hydrogens is 454 g/mol. The number of β-amino-alcohol motifs (C(OH)–C–C–N with tert-alkyl or cyclic N) is 1. The maximum absolute atomic E-state index is 13.3. The molecule has 2 aromatic carbocycles. The van der Waals surface area contributed by atoms with Crippen molar-refractivity contribution < 1.29 is 23.0 Å². The van der Waals surface area contributed by atoms with Gasteiger partial charge in [0.1, 0.15) is 13.2 Å². The highest BCUT2D eigenvalue weighted by molar-refractivity contribution is 7.89. The van der Waals surface area contributed by atoms with Crippen LogP contribution in [0.5, 0.6) is 11.5 Å². The largest absolute Gasteiger partial charge is 0.486 e. The summed E-state index contributed by atoms with van der Waals surface area (Å²) in [5, 5.41) is 14.4. The number of hydrogen-bond donors (Lipinski definition) is 2. The zero-order valence-corrected chi connectivity index (χ0v) is 19.8. The maximum Gasteiger partial charge on any atom is 0.243 e. The molecule has 0 aromatic heterocycles. The van der Waals surface area contributed by atoms with Gasteiger partial charge in [-0.15, -0.1) is 0 Å². The molecule has 4 aliphatic rings. The topological polar surface area (TPSA) is 91.3 Å². The number of hydrogen-bond acceptors (Lipinski definition) is 7. The van der Waals surface area contributed by atoms with Crippen LogP contribution in [0.15, 0.2) is 52.4 Å². The number of benzene rings is 2. The second-order valence-corrected chi connectivity index (χ2v) is 11.3. The first-order valence-electron chi connectivity index (χ1n) is 11.8. The first-order valence-corrected chi connectivity index (χ1v) is 13.2. The third kappa shape index (κ3) is 3.91. The molecule has 0 bridgehead atoms. The van der Waals surface area contributed by atoms with E-state index in [1.165, 1.54) is 15.4 Å². The Kier molecular flexibility index (Phi) is 5.62. The predicted molar refractivity (Wildman–Crippen MR) is 126 cm³/mol. The fourth-order valence-corrected chi connectivity index (χ4v) is 6.92. The van der Waals surface area contributed by atoms with Crippen molar-refractivity contribution in [2.24, 2.45) is 0 Å². The van der Waals surface area contributed by atoms with Crippen LogP contribution in [0.1, 0.15) is 22.8 Å². The van der Waals surface area contributed by atoms with Gasteiger partial charge in [-0.25, -0.2) is 8.42 Å². The minimum absolute atomic E-state index is 0.230. The Bertz CT molecular complexity index is 1240. The van der Waals surface area contributed by atoms with Crippen LogP contribution in [0.4, 0.5) is 0 Å². The van der Waals surface area contributed by atoms with Crippen molar-refractivity contribution >= 4 is 10.0 Å². The van der Waals surface area contributed by atoms with Gasteiger partial charge in [0.25, 0.3) is 0 Å². The molecule has 0 saturated carbocycles. The lowest BCUT2D eigenvalue weighted by molar-refractivity contribution is 0.125. The Labute approximate surface area is 199 Å². The summed E-state index contributed by atoms with van der Waals surface area (Å²) in [6.45, 7) is 5.39. The summed E-state index contributed by atoms with van der Waals surface area (Å²) in [6.07, 6.45) is 0.384. The lowest BCUT2D eigenvalue weighted by Crippen LogP contribution is -2.35. The maximum atomic E-state index is 13.3. The Morgan fingerprint density at radius 1 is 1.00 bits per heavy atom. The zero-order chi connectivity index (χ0) is 23.3. The number of fused-ring (bicyclic) bond motifs is 2.